The Hall–Kier alpha value is -1.03. The lowest BCUT2D eigenvalue weighted by atomic mass is 9.78. The number of rotatable bonds is 7. The van der Waals surface area contributed by atoms with Gasteiger partial charge in [0.15, 0.2) is 11.9 Å². The molecule has 7 nitrogen and oxygen atoms in total. The van der Waals surface area contributed by atoms with E-state index in [1.165, 1.54) is 6.42 Å². The number of halogens is 1. The second-order valence-electron chi connectivity index (χ2n) is 11.7. The van der Waals surface area contributed by atoms with Gasteiger partial charge in [-0.15, -0.1) is 4.72 Å². The van der Waals surface area contributed by atoms with Crippen molar-refractivity contribution in [1.29, 1.82) is 0 Å². The second kappa shape index (κ2) is 11.0. The molecule has 36 heavy (non-hydrogen) atoms. The molecule has 0 spiro atoms. The number of benzene rings is 1. The van der Waals surface area contributed by atoms with Gasteiger partial charge in [-0.3, -0.25) is 4.79 Å². The molecule has 1 aliphatic carbocycles. The highest BCUT2D eigenvalue weighted by atomic mass is 35.5. The highest BCUT2D eigenvalue weighted by Gasteiger charge is 2.42. The minimum absolute atomic E-state index is 0.0210. The number of carbonyl (C=O) groups excluding carboxylic acids is 1. The highest BCUT2D eigenvalue weighted by molar-refractivity contribution is 7.90. The smallest absolute Gasteiger partial charge is 0.254 e. The quantitative estimate of drug-likeness (QED) is 0.484. The van der Waals surface area contributed by atoms with Gasteiger partial charge in [-0.1, -0.05) is 18.0 Å². The van der Waals surface area contributed by atoms with Gasteiger partial charge in [-0.2, -0.15) is 0 Å². The molecule has 9 heteroatoms. The maximum absolute atomic E-state index is 13.2. The summed E-state index contributed by atoms with van der Waals surface area (Å²) in [7, 11) is 1.68. The van der Waals surface area contributed by atoms with Crippen LogP contribution in [-0.4, -0.2) is 58.8 Å². The summed E-state index contributed by atoms with van der Waals surface area (Å²) < 4.78 is 33.5. The fourth-order valence-electron chi connectivity index (χ4n) is 5.21. The molecule has 202 valence electrons. The summed E-state index contributed by atoms with van der Waals surface area (Å²) in [5, 5.41) is 0.748. The molecule has 2 heterocycles. The summed E-state index contributed by atoms with van der Waals surface area (Å²) in [6.45, 7) is 11.0. The Kier molecular flexibility index (Phi) is 8.54. The monoisotopic (exact) mass is 540 g/mol. The number of amides is 1. The van der Waals surface area contributed by atoms with E-state index in [0.717, 1.165) is 47.6 Å². The van der Waals surface area contributed by atoms with Crippen LogP contribution in [0.25, 0.3) is 0 Å². The van der Waals surface area contributed by atoms with Crippen molar-refractivity contribution in [3.05, 3.63) is 28.3 Å². The predicted molar refractivity (Wildman–Crippen MR) is 143 cm³/mol. The largest absolute Gasteiger partial charge is 0.598 e. The molecule has 1 N–H and O–H groups in total. The average molecular weight is 541 g/mol. The van der Waals surface area contributed by atoms with Gasteiger partial charge in [0.25, 0.3) is 5.91 Å². The third kappa shape index (κ3) is 6.16. The van der Waals surface area contributed by atoms with Crippen LogP contribution >= 0.6 is 11.6 Å². The van der Waals surface area contributed by atoms with Crippen molar-refractivity contribution < 1.29 is 23.6 Å². The fourth-order valence-corrected chi connectivity index (χ4v) is 6.44. The van der Waals surface area contributed by atoms with Crippen molar-refractivity contribution in [1.82, 2.24) is 9.62 Å². The Morgan fingerprint density at radius 2 is 1.92 bits per heavy atom. The molecule has 1 aromatic rings. The molecule has 0 bridgehead atoms. The predicted octanol–water partition coefficient (Wildman–Crippen LogP) is 5.10. The lowest BCUT2D eigenvalue weighted by Crippen LogP contribution is -2.48. The van der Waals surface area contributed by atoms with Crippen LogP contribution in [0.2, 0.25) is 5.02 Å². The standard InChI is InChI=1S/C27H41ClN2O5S/c1-26(2,3)36(32)29-24(20-14-21(28)19(15-22(20)33-6)17-8-7-9-17)18-10-12-30(13-11-18)25(31)23-16-34-27(4,5)35-23/h14-15,17-18,23-24,29H,7-13,16H2,1-6H3/t23-,24-,36+/m1/s1. The summed E-state index contributed by atoms with van der Waals surface area (Å²) in [5.41, 5.74) is 2.07. The molecular formula is C27H41ClN2O5S. The molecule has 2 saturated heterocycles. The van der Waals surface area contributed by atoms with Crippen molar-refractivity contribution >= 4 is 28.9 Å². The number of hydrogen-bond acceptors (Lipinski definition) is 6. The molecule has 2 aliphatic heterocycles. The van der Waals surface area contributed by atoms with Crippen LogP contribution in [0.1, 0.15) is 89.8 Å². The molecule has 1 saturated carbocycles. The summed E-state index contributed by atoms with van der Waals surface area (Å²) in [6.07, 6.45) is 4.51. The van der Waals surface area contributed by atoms with Gasteiger partial charge in [0.1, 0.15) is 10.5 Å². The van der Waals surface area contributed by atoms with Crippen LogP contribution in [0.15, 0.2) is 12.1 Å². The lowest BCUT2D eigenvalue weighted by Gasteiger charge is -2.39. The van der Waals surface area contributed by atoms with Crippen LogP contribution in [0.5, 0.6) is 5.75 Å². The zero-order valence-corrected chi connectivity index (χ0v) is 24.0. The van der Waals surface area contributed by atoms with Gasteiger partial charge < -0.3 is 23.7 Å². The van der Waals surface area contributed by atoms with Crippen LogP contribution in [0.4, 0.5) is 0 Å². The second-order valence-corrected chi connectivity index (χ2v) is 14.1. The molecule has 1 amide bonds. The Bertz CT molecular complexity index is 941. The van der Waals surface area contributed by atoms with Gasteiger partial charge in [0.2, 0.25) is 0 Å². The fraction of sp³-hybridized carbons (Fsp3) is 0.741. The van der Waals surface area contributed by atoms with Crippen LogP contribution in [0, 0.1) is 5.92 Å². The van der Waals surface area contributed by atoms with Gasteiger partial charge in [-0.05, 0) is 89.8 Å². The molecule has 1 aromatic carbocycles. The normalized spacial score (nSPS) is 24.9. The Morgan fingerprint density at radius 3 is 2.42 bits per heavy atom. The first-order valence-corrected chi connectivity index (χ1v) is 14.6. The number of carbonyl (C=O) groups is 1. The van der Waals surface area contributed by atoms with E-state index in [9.17, 15) is 9.35 Å². The van der Waals surface area contributed by atoms with E-state index in [4.69, 9.17) is 25.8 Å². The van der Waals surface area contributed by atoms with Crippen molar-refractivity contribution in [2.75, 3.05) is 26.8 Å². The first kappa shape index (κ1) is 28.0. The molecule has 0 unspecified atom stereocenters. The summed E-state index contributed by atoms with van der Waals surface area (Å²) >= 11 is 5.51. The van der Waals surface area contributed by atoms with Gasteiger partial charge >= 0.3 is 0 Å². The first-order chi connectivity index (χ1) is 16.9. The van der Waals surface area contributed by atoms with E-state index in [-0.39, 0.29) is 24.5 Å². The van der Waals surface area contributed by atoms with E-state index < -0.39 is 28.0 Å². The third-order valence-electron chi connectivity index (χ3n) is 7.63. The Balaban J connectivity index is 1.54. The lowest BCUT2D eigenvalue weighted by molar-refractivity contribution is -0.161. The Morgan fingerprint density at radius 1 is 1.25 bits per heavy atom. The van der Waals surface area contributed by atoms with E-state index in [0.29, 0.717) is 19.0 Å². The molecule has 0 radical (unpaired) electrons. The van der Waals surface area contributed by atoms with Gasteiger partial charge in [-0.25, -0.2) is 0 Å². The average Bonchev–Trinajstić information content (AvgIpc) is 3.16. The zero-order valence-electron chi connectivity index (χ0n) is 22.4. The van der Waals surface area contributed by atoms with E-state index in [2.05, 4.69) is 10.8 Å². The van der Waals surface area contributed by atoms with Crippen molar-refractivity contribution in [2.45, 2.75) is 95.3 Å². The minimum atomic E-state index is -1.28. The van der Waals surface area contributed by atoms with E-state index in [1.807, 2.05) is 45.6 Å². The van der Waals surface area contributed by atoms with E-state index in [1.54, 1.807) is 7.11 Å². The van der Waals surface area contributed by atoms with Gasteiger partial charge in [0.05, 0.1) is 19.8 Å². The minimum Gasteiger partial charge on any atom is -0.598 e. The number of methoxy groups -OCH3 is 1. The maximum atomic E-state index is 13.2. The maximum Gasteiger partial charge on any atom is 0.254 e. The van der Waals surface area contributed by atoms with Crippen molar-refractivity contribution in [2.24, 2.45) is 5.92 Å². The first-order valence-electron chi connectivity index (χ1n) is 13.1. The van der Waals surface area contributed by atoms with E-state index >= 15 is 0 Å². The number of hydrogen-bond donors (Lipinski definition) is 1. The zero-order chi connectivity index (χ0) is 26.3. The molecule has 3 aliphatic rings. The number of nitrogens with zero attached hydrogens (tertiary/aromatic N) is 1. The number of piperidine rings is 1. The molecule has 3 fully saturated rings. The van der Waals surface area contributed by atoms with Crippen LogP contribution in [0.3, 0.4) is 0 Å². The summed E-state index contributed by atoms with van der Waals surface area (Å²) in [6, 6.07) is 3.87. The number of nitrogens with one attached hydrogen (secondary N) is 1. The van der Waals surface area contributed by atoms with Crippen molar-refractivity contribution in [3.63, 3.8) is 0 Å². The van der Waals surface area contributed by atoms with Crippen molar-refractivity contribution in [3.8, 4) is 5.75 Å². The molecule has 4 rings (SSSR count). The Labute approximate surface area is 223 Å². The van der Waals surface area contributed by atoms with Gasteiger partial charge in [0, 0.05) is 35.0 Å². The number of likely N-dealkylation sites (tertiary alicyclic amines) is 1. The summed E-state index contributed by atoms with van der Waals surface area (Å²) in [4.78, 5) is 14.9. The highest BCUT2D eigenvalue weighted by Crippen LogP contribution is 2.45. The number of ether oxygens (including phenoxy) is 3. The van der Waals surface area contributed by atoms with Crippen LogP contribution in [-0.2, 0) is 25.6 Å². The SMILES string of the molecule is COc1cc(C2CCC2)c(Cl)cc1[C@H](N[S@@+]([O-])C(C)(C)C)C1CCN(C(=O)[C@H]2COC(C)(C)O2)CC1. The molecular weight excluding hydrogens is 500 g/mol. The molecule has 3 atom stereocenters. The topological polar surface area (TPSA) is 83.1 Å². The summed E-state index contributed by atoms with van der Waals surface area (Å²) in [5.74, 6) is 0.675. The third-order valence-corrected chi connectivity index (χ3v) is 9.53. The molecule has 0 aromatic heterocycles. The van der Waals surface area contributed by atoms with Crippen LogP contribution < -0.4 is 9.46 Å².